The molecule has 0 aliphatic carbocycles. The number of carbonyl (C=O) groups excluding carboxylic acids is 1. The highest BCUT2D eigenvalue weighted by Crippen LogP contribution is 2.31. The van der Waals surface area contributed by atoms with Crippen molar-refractivity contribution in [2.24, 2.45) is 0 Å². The van der Waals surface area contributed by atoms with E-state index in [9.17, 15) is 4.79 Å². The normalized spacial score (nSPS) is 9.88. The Hall–Kier alpha value is -1.71. The SMILES string of the molecule is CCc1ccc(NC)c(CC)c1OC(=O)NC. The predicted molar refractivity (Wildman–Crippen MR) is 69.8 cm³/mol. The average Bonchev–Trinajstić information content (AvgIpc) is 2.37. The third-order valence-electron chi connectivity index (χ3n) is 2.74. The van der Waals surface area contributed by atoms with Gasteiger partial charge in [0.05, 0.1) is 0 Å². The van der Waals surface area contributed by atoms with Crippen molar-refractivity contribution in [3.63, 3.8) is 0 Å². The number of benzene rings is 1. The molecule has 1 aromatic carbocycles. The molecule has 0 heterocycles. The van der Waals surface area contributed by atoms with Gasteiger partial charge in [0, 0.05) is 25.3 Å². The number of anilines is 1. The largest absolute Gasteiger partial charge is 0.412 e. The Morgan fingerprint density at radius 1 is 1.24 bits per heavy atom. The third kappa shape index (κ3) is 2.90. The maximum atomic E-state index is 11.4. The molecule has 4 nitrogen and oxygen atoms in total. The summed E-state index contributed by atoms with van der Waals surface area (Å²) in [7, 11) is 3.42. The van der Waals surface area contributed by atoms with Gasteiger partial charge in [-0.15, -0.1) is 0 Å². The van der Waals surface area contributed by atoms with Gasteiger partial charge < -0.3 is 15.4 Å². The molecule has 0 spiro atoms. The van der Waals surface area contributed by atoms with Crippen LogP contribution in [-0.2, 0) is 12.8 Å². The van der Waals surface area contributed by atoms with Crippen LogP contribution in [0.4, 0.5) is 10.5 Å². The molecule has 1 rings (SSSR count). The molecule has 0 saturated carbocycles. The first-order valence-corrected chi connectivity index (χ1v) is 5.89. The standard InChI is InChI=1S/C13H20N2O2/c1-5-9-7-8-11(14-3)10(6-2)12(9)17-13(16)15-4/h7-8,14H,5-6H2,1-4H3,(H,15,16). The van der Waals surface area contributed by atoms with Crippen LogP contribution in [0.5, 0.6) is 5.75 Å². The second-order valence-corrected chi connectivity index (χ2v) is 3.68. The van der Waals surface area contributed by atoms with Crippen molar-refractivity contribution in [1.82, 2.24) is 5.32 Å². The predicted octanol–water partition coefficient (Wildman–Crippen LogP) is 2.57. The molecule has 0 unspecified atom stereocenters. The molecule has 0 aliphatic heterocycles. The number of hydrogen-bond acceptors (Lipinski definition) is 3. The van der Waals surface area contributed by atoms with Gasteiger partial charge in [0.1, 0.15) is 5.75 Å². The fourth-order valence-corrected chi connectivity index (χ4v) is 1.81. The highest BCUT2D eigenvalue weighted by Gasteiger charge is 2.14. The Balaban J connectivity index is 3.24. The van der Waals surface area contributed by atoms with Crippen molar-refractivity contribution in [3.05, 3.63) is 23.3 Å². The summed E-state index contributed by atoms with van der Waals surface area (Å²) in [5.74, 6) is 0.682. The van der Waals surface area contributed by atoms with Gasteiger partial charge >= 0.3 is 6.09 Å². The van der Waals surface area contributed by atoms with Crippen molar-refractivity contribution < 1.29 is 9.53 Å². The first-order valence-electron chi connectivity index (χ1n) is 5.89. The average molecular weight is 236 g/mol. The lowest BCUT2D eigenvalue weighted by Gasteiger charge is -2.16. The molecule has 94 valence electrons. The van der Waals surface area contributed by atoms with Gasteiger partial charge in [0.2, 0.25) is 0 Å². The van der Waals surface area contributed by atoms with Gasteiger partial charge in [0.15, 0.2) is 0 Å². The lowest BCUT2D eigenvalue weighted by Crippen LogP contribution is -2.23. The summed E-state index contributed by atoms with van der Waals surface area (Å²) in [5, 5.41) is 5.59. The van der Waals surface area contributed by atoms with Crippen LogP contribution in [-0.4, -0.2) is 20.2 Å². The molecular weight excluding hydrogens is 216 g/mol. The summed E-state index contributed by atoms with van der Waals surface area (Å²) in [5.41, 5.74) is 3.09. The third-order valence-corrected chi connectivity index (χ3v) is 2.74. The number of hydrogen-bond donors (Lipinski definition) is 2. The number of amides is 1. The van der Waals surface area contributed by atoms with Gasteiger partial charge in [-0.2, -0.15) is 0 Å². The maximum Gasteiger partial charge on any atom is 0.412 e. The number of aryl methyl sites for hydroxylation is 1. The first-order chi connectivity index (χ1) is 8.17. The van der Waals surface area contributed by atoms with Crippen molar-refractivity contribution in [2.75, 3.05) is 19.4 Å². The fraction of sp³-hybridized carbons (Fsp3) is 0.462. The van der Waals surface area contributed by atoms with Crippen LogP contribution in [0.2, 0.25) is 0 Å². The Morgan fingerprint density at radius 2 is 1.94 bits per heavy atom. The molecular formula is C13H20N2O2. The summed E-state index contributed by atoms with van der Waals surface area (Å²) < 4.78 is 5.36. The molecule has 0 radical (unpaired) electrons. The fourth-order valence-electron chi connectivity index (χ4n) is 1.81. The van der Waals surface area contributed by atoms with E-state index in [0.717, 1.165) is 29.7 Å². The van der Waals surface area contributed by atoms with Gasteiger partial charge in [0.25, 0.3) is 0 Å². The molecule has 17 heavy (non-hydrogen) atoms. The van der Waals surface area contributed by atoms with Gasteiger partial charge in [-0.3, -0.25) is 0 Å². The van der Waals surface area contributed by atoms with E-state index in [-0.39, 0.29) is 0 Å². The van der Waals surface area contributed by atoms with E-state index in [1.54, 1.807) is 7.05 Å². The smallest absolute Gasteiger partial charge is 0.410 e. The highest BCUT2D eigenvalue weighted by atomic mass is 16.6. The van der Waals surface area contributed by atoms with E-state index in [1.165, 1.54) is 0 Å². The Morgan fingerprint density at radius 3 is 2.41 bits per heavy atom. The minimum Gasteiger partial charge on any atom is -0.410 e. The minimum atomic E-state index is -0.428. The molecule has 1 aromatic rings. The Labute approximate surface area is 102 Å². The molecule has 0 aliphatic rings. The van der Waals surface area contributed by atoms with Crippen LogP contribution in [0.15, 0.2) is 12.1 Å². The van der Waals surface area contributed by atoms with Crippen LogP contribution >= 0.6 is 0 Å². The van der Waals surface area contributed by atoms with Crippen LogP contribution in [0.1, 0.15) is 25.0 Å². The number of rotatable bonds is 4. The number of carbonyl (C=O) groups is 1. The molecule has 0 aromatic heterocycles. The van der Waals surface area contributed by atoms with Crippen LogP contribution < -0.4 is 15.4 Å². The molecule has 0 atom stereocenters. The molecule has 0 bridgehead atoms. The highest BCUT2D eigenvalue weighted by molar-refractivity contribution is 5.73. The topological polar surface area (TPSA) is 50.4 Å². The molecule has 2 N–H and O–H groups in total. The number of nitrogens with one attached hydrogen (secondary N) is 2. The maximum absolute atomic E-state index is 11.4. The van der Waals surface area contributed by atoms with Crippen LogP contribution in [0.25, 0.3) is 0 Å². The quantitative estimate of drug-likeness (QED) is 0.844. The minimum absolute atomic E-state index is 0.428. The van der Waals surface area contributed by atoms with E-state index in [4.69, 9.17) is 4.74 Å². The van der Waals surface area contributed by atoms with Gasteiger partial charge in [-0.05, 0) is 24.5 Å². The molecule has 0 saturated heterocycles. The van der Waals surface area contributed by atoms with Crippen LogP contribution in [0, 0.1) is 0 Å². The summed E-state index contributed by atoms with van der Waals surface area (Å²) in [6, 6.07) is 4.01. The molecule has 0 fully saturated rings. The van der Waals surface area contributed by atoms with E-state index in [0.29, 0.717) is 5.75 Å². The van der Waals surface area contributed by atoms with Crippen LogP contribution in [0.3, 0.4) is 0 Å². The van der Waals surface area contributed by atoms with E-state index in [1.807, 2.05) is 33.0 Å². The Kier molecular flexibility index (Phi) is 4.82. The van der Waals surface area contributed by atoms with Crippen molar-refractivity contribution in [2.45, 2.75) is 26.7 Å². The first kappa shape index (κ1) is 13.4. The lowest BCUT2D eigenvalue weighted by molar-refractivity contribution is 0.202. The van der Waals surface area contributed by atoms with Gasteiger partial charge in [-0.1, -0.05) is 19.9 Å². The zero-order valence-electron chi connectivity index (χ0n) is 10.9. The summed E-state index contributed by atoms with van der Waals surface area (Å²) in [6.45, 7) is 4.09. The van der Waals surface area contributed by atoms with Crippen molar-refractivity contribution in [1.29, 1.82) is 0 Å². The zero-order chi connectivity index (χ0) is 12.8. The second-order valence-electron chi connectivity index (χ2n) is 3.68. The zero-order valence-corrected chi connectivity index (χ0v) is 10.9. The lowest BCUT2D eigenvalue weighted by atomic mass is 10.0. The van der Waals surface area contributed by atoms with E-state index in [2.05, 4.69) is 10.6 Å². The molecule has 1 amide bonds. The summed E-state index contributed by atoms with van der Waals surface area (Å²) in [4.78, 5) is 11.4. The summed E-state index contributed by atoms with van der Waals surface area (Å²) in [6.07, 6.45) is 1.22. The van der Waals surface area contributed by atoms with Crippen molar-refractivity contribution >= 4 is 11.8 Å². The number of ether oxygens (including phenoxy) is 1. The van der Waals surface area contributed by atoms with E-state index < -0.39 is 6.09 Å². The van der Waals surface area contributed by atoms with E-state index >= 15 is 0 Å². The second kappa shape index (κ2) is 6.13. The van der Waals surface area contributed by atoms with Crippen molar-refractivity contribution in [3.8, 4) is 5.75 Å². The van der Waals surface area contributed by atoms with Gasteiger partial charge in [-0.25, -0.2) is 4.79 Å². The Bertz CT molecular complexity index is 403. The summed E-state index contributed by atoms with van der Waals surface area (Å²) >= 11 is 0. The monoisotopic (exact) mass is 236 g/mol. The molecule has 4 heteroatoms.